The fourth-order valence-electron chi connectivity index (χ4n) is 4.04. The number of hydrogen-bond donors (Lipinski definition) is 2. The molecule has 4 atom stereocenters. The molecule has 2 rings (SSSR count). The third kappa shape index (κ3) is 4.19. The Labute approximate surface area is 129 Å². The molecule has 2 aliphatic rings. The van der Waals surface area contributed by atoms with Crippen molar-refractivity contribution in [3.63, 3.8) is 0 Å². The first kappa shape index (κ1) is 16.8. The lowest BCUT2D eigenvalue weighted by atomic mass is 9.78. The van der Waals surface area contributed by atoms with Gasteiger partial charge in [0, 0.05) is 25.0 Å². The number of hydrogen-bond acceptors (Lipinski definition) is 3. The molecular weight excluding hydrogens is 264 g/mol. The summed E-state index contributed by atoms with van der Waals surface area (Å²) in [5.74, 6) is 1.15. The minimum absolute atomic E-state index is 0.128. The molecular formula is C17H32N2O2. The Morgan fingerprint density at radius 1 is 1.19 bits per heavy atom. The Balaban J connectivity index is 1.87. The van der Waals surface area contributed by atoms with Crippen LogP contribution in [0, 0.1) is 23.2 Å². The molecule has 2 fully saturated rings. The van der Waals surface area contributed by atoms with Gasteiger partial charge in [-0.25, -0.2) is 0 Å². The summed E-state index contributed by atoms with van der Waals surface area (Å²) in [6.07, 6.45) is 5.72. The van der Waals surface area contributed by atoms with Crippen molar-refractivity contribution < 1.29 is 9.53 Å². The van der Waals surface area contributed by atoms with Crippen molar-refractivity contribution in [1.82, 2.24) is 5.32 Å². The molecule has 1 aliphatic carbocycles. The van der Waals surface area contributed by atoms with E-state index in [-0.39, 0.29) is 23.3 Å². The number of ether oxygens (including phenoxy) is 1. The van der Waals surface area contributed by atoms with Crippen molar-refractivity contribution in [3.8, 4) is 0 Å². The van der Waals surface area contributed by atoms with Crippen molar-refractivity contribution in [2.24, 2.45) is 28.9 Å². The van der Waals surface area contributed by atoms with Crippen LogP contribution in [0.3, 0.4) is 0 Å². The lowest BCUT2D eigenvalue weighted by Gasteiger charge is -2.40. The van der Waals surface area contributed by atoms with Gasteiger partial charge in [0.15, 0.2) is 0 Å². The summed E-state index contributed by atoms with van der Waals surface area (Å²) in [6, 6.07) is 0. The van der Waals surface area contributed by atoms with E-state index >= 15 is 0 Å². The van der Waals surface area contributed by atoms with Crippen LogP contribution in [0.1, 0.15) is 52.9 Å². The summed E-state index contributed by atoms with van der Waals surface area (Å²) < 4.78 is 5.98. The number of carbonyl (C=O) groups excluding carboxylic acids is 1. The Bertz CT molecular complexity index is 351. The molecule has 1 saturated carbocycles. The Morgan fingerprint density at radius 3 is 2.57 bits per heavy atom. The quantitative estimate of drug-likeness (QED) is 0.837. The molecule has 2 unspecified atom stereocenters. The molecule has 1 heterocycles. The maximum atomic E-state index is 12.4. The molecule has 1 aliphatic heterocycles. The Hall–Kier alpha value is -0.610. The van der Waals surface area contributed by atoms with Gasteiger partial charge in [-0.15, -0.1) is 0 Å². The molecule has 1 amide bonds. The van der Waals surface area contributed by atoms with E-state index in [9.17, 15) is 4.79 Å². The summed E-state index contributed by atoms with van der Waals surface area (Å²) in [7, 11) is 0. The minimum atomic E-state index is 0.128. The van der Waals surface area contributed by atoms with Gasteiger partial charge >= 0.3 is 0 Å². The number of carbonyl (C=O) groups is 1. The normalized spacial score (nSPS) is 33.9. The maximum absolute atomic E-state index is 12.4. The zero-order chi connectivity index (χ0) is 15.5. The highest BCUT2D eigenvalue weighted by molar-refractivity contribution is 5.79. The maximum Gasteiger partial charge on any atom is 0.223 e. The van der Waals surface area contributed by atoms with Crippen LogP contribution < -0.4 is 11.1 Å². The van der Waals surface area contributed by atoms with Crippen molar-refractivity contribution >= 4 is 5.91 Å². The van der Waals surface area contributed by atoms with E-state index in [2.05, 4.69) is 26.1 Å². The highest BCUT2D eigenvalue weighted by atomic mass is 16.5. The fraction of sp³-hybridized carbons (Fsp3) is 0.941. The standard InChI is InChI=1S/C17H32N2O2/c1-17(2,3)15-13(7-5-9-21-15)11-19-16(20)14-8-4-6-12(14)10-18/h12-15H,4-11,18H2,1-3H3,(H,19,20)/t12-,13?,14-,15?/m1/s1. The molecule has 0 spiro atoms. The predicted octanol–water partition coefficient (Wildman–Crippen LogP) is 2.32. The van der Waals surface area contributed by atoms with Crippen LogP contribution in [0.5, 0.6) is 0 Å². The first-order chi connectivity index (χ1) is 9.93. The van der Waals surface area contributed by atoms with Crippen LogP contribution >= 0.6 is 0 Å². The molecule has 4 nitrogen and oxygen atoms in total. The van der Waals surface area contributed by atoms with Gasteiger partial charge < -0.3 is 15.8 Å². The van der Waals surface area contributed by atoms with Gasteiger partial charge in [-0.05, 0) is 43.6 Å². The predicted molar refractivity (Wildman–Crippen MR) is 84.8 cm³/mol. The minimum Gasteiger partial charge on any atom is -0.377 e. The van der Waals surface area contributed by atoms with Crippen molar-refractivity contribution in [2.75, 3.05) is 19.7 Å². The van der Waals surface area contributed by atoms with Gasteiger partial charge in [-0.3, -0.25) is 4.79 Å². The van der Waals surface area contributed by atoms with E-state index < -0.39 is 0 Å². The van der Waals surface area contributed by atoms with E-state index in [1.807, 2.05) is 0 Å². The van der Waals surface area contributed by atoms with Gasteiger partial charge in [-0.1, -0.05) is 27.2 Å². The number of rotatable bonds is 4. The smallest absolute Gasteiger partial charge is 0.223 e. The van der Waals surface area contributed by atoms with Gasteiger partial charge in [0.05, 0.1) is 6.10 Å². The average Bonchev–Trinajstić information content (AvgIpc) is 2.92. The van der Waals surface area contributed by atoms with Crippen molar-refractivity contribution in [2.45, 2.75) is 59.0 Å². The van der Waals surface area contributed by atoms with Crippen LogP contribution in [0.15, 0.2) is 0 Å². The van der Waals surface area contributed by atoms with E-state index in [0.29, 0.717) is 18.4 Å². The molecule has 0 aromatic rings. The summed E-state index contributed by atoms with van der Waals surface area (Å²) >= 11 is 0. The molecule has 4 heteroatoms. The molecule has 21 heavy (non-hydrogen) atoms. The van der Waals surface area contributed by atoms with Gasteiger partial charge in [0.2, 0.25) is 5.91 Å². The first-order valence-electron chi connectivity index (χ1n) is 8.53. The summed E-state index contributed by atoms with van der Waals surface area (Å²) in [6.45, 7) is 8.89. The Morgan fingerprint density at radius 2 is 1.90 bits per heavy atom. The van der Waals surface area contributed by atoms with E-state index in [4.69, 9.17) is 10.5 Å². The summed E-state index contributed by atoms with van der Waals surface area (Å²) in [5, 5.41) is 3.19. The third-order valence-electron chi connectivity index (χ3n) is 5.14. The number of nitrogens with one attached hydrogen (secondary N) is 1. The van der Waals surface area contributed by atoms with Gasteiger partial charge in [-0.2, -0.15) is 0 Å². The largest absolute Gasteiger partial charge is 0.377 e. The molecule has 1 saturated heterocycles. The second-order valence-corrected chi connectivity index (χ2v) is 7.84. The molecule has 0 aromatic carbocycles. The average molecular weight is 296 g/mol. The fourth-order valence-corrected chi connectivity index (χ4v) is 4.04. The zero-order valence-corrected chi connectivity index (χ0v) is 13.9. The van der Waals surface area contributed by atoms with Gasteiger partial charge in [0.25, 0.3) is 0 Å². The van der Waals surface area contributed by atoms with E-state index in [0.717, 1.165) is 45.3 Å². The molecule has 0 radical (unpaired) electrons. The van der Waals surface area contributed by atoms with Crippen LogP contribution in [0.2, 0.25) is 0 Å². The highest BCUT2D eigenvalue weighted by Gasteiger charge is 2.37. The molecule has 3 N–H and O–H groups in total. The summed E-state index contributed by atoms with van der Waals surface area (Å²) in [4.78, 5) is 12.4. The first-order valence-corrected chi connectivity index (χ1v) is 8.53. The lowest BCUT2D eigenvalue weighted by molar-refractivity contribution is -0.127. The number of amides is 1. The zero-order valence-electron chi connectivity index (χ0n) is 13.9. The second-order valence-electron chi connectivity index (χ2n) is 7.84. The third-order valence-corrected chi connectivity index (χ3v) is 5.14. The van der Waals surface area contributed by atoms with E-state index in [1.165, 1.54) is 0 Å². The SMILES string of the molecule is CC(C)(C)C1OCCCC1CNC(=O)[C@@H]1CCC[C@@H]1CN. The molecule has 122 valence electrons. The highest BCUT2D eigenvalue weighted by Crippen LogP contribution is 2.34. The van der Waals surface area contributed by atoms with E-state index in [1.54, 1.807) is 0 Å². The topological polar surface area (TPSA) is 64.3 Å². The van der Waals surface area contributed by atoms with Crippen molar-refractivity contribution in [3.05, 3.63) is 0 Å². The molecule has 0 aromatic heterocycles. The number of nitrogens with two attached hydrogens (primary N) is 1. The summed E-state index contributed by atoms with van der Waals surface area (Å²) in [5.41, 5.74) is 5.91. The van der Waals surface area contributed by atoms with Gasteiger partial charge in [0.1, 0.15) is 0 Å². The monoisotopic (exact) mass is 296 g/mol. The van der Waals surface area contributed by atoms with Crippen LogP contribution in [0.4, 0.5) is 0 Å². The second kappa shape index (κ2) is 7.10. The van der Waals surface area contributed by atoms with Crippen LogP contribution in [0.25, 0.3) is 0 Å². The van der Waals surface area contributed by atoms with Crippen LogP contribution in [-0.4, -0.2) is 31.7 Å². The molecule has 0 bridgehead atoms. The van der Waals surface area contributed by atoms with Crippen LogP contribution in [-0.2, 0) is 9.53 Å². The Kier molecular flexibility index (Phi) is 5.67. The van der Waals surface area contributed by atoms with Crippen molar-refractivity contribution in [1.29, 1.82) is 0 Å². The lowest BCUT2D eigenvalue weighted by Crippen LogP contribution is -2.46.